The van der Waals surface area contributed by atoms with Gasteiger partial charge in [0.15, 0.2) is 5.82 Å². The van der Waals surface area contributed by atoms with E-state index in [0.717, 1.165) is 16.4 Å². The molecule has 2 aromatic heterocycles. The number of unbranched alkanes of at least 4 members (excludes halogenated alkanes) is 1. The molecule has 47 heavy (non-hydrogen) atoms. The molecule has 3 aromatic rings. The minimum absolute atomic E-state index is 0.145. The van der Waals surface area contributed by atoms with Gasteiger partial charge in [-0.05, 0) is 46.1 Å². The van der Waals surface area contributed by atoms with Gasteiger partial charge in [-0.2, -0.15) is 0 Å². The molecule has 1 aliphatic rings. The first kappa shape index (κ1) is 35.9. The van der Waals surface area contributed by atoms with Crippen molar-refractivity contribution in [1.29, 1.82) is 0 Å². The van der Waals surface area contributed by atoms with Crippen LogP contribution in [-0.2, 0) is 41.6 Å². The first-order valence-corrected chi connectivity index (χ1v) is 17.7. The maximum Gasteiger partial charge on any atom is 0.508 e. The number of nitrogens with two attached hydrogens (primary N) is 1. The number of alkyl carbamates (subject to hydrolysis) is 2. The number of rotatable bonds is 18. The van der Waals surface area contributed by atoms with Crippen LogP contribution in [0, 0.1) is 0 Å². The molecule has 3 heterocycles. The normalized spacial score (nSPS) is 14.7. The Morgan fingerprint density at radius 3 is 2.57 bits per heavy atom. The minimum atomic E-state index is -0.952. The largest absolute Gasteiger partial charge is 0.508 e. The van der Waals surface area contributed by atoms with Gasteiger partial charge in [-0.3, -0.25) is 0 Å². The number of hydrogen-bond acceptors (Lipinski definition) is 14. The second-order valence-electron chi connectivity index (χ2n) is 11.0. The molecule has 1 aromatic carbocycles. The van der Waals surface area contributed by atoms with Crippen LogP contribution in [0.3, 0.4) is 0 Å². The number of carbonyl (C=O) groups is 4. The second kappa shape index (κ2) is 17.3. The Bertz CT molecular complexity index is 1570. The van der Waals surface area contributed by atoms with Crippen LogP contribution < -0.4 is 16.4 Å². The lowest BCUT2D eigenvalue weighted by Crippen LogP contribution is -2.34. The van der Waals surface area contributed by atoms with Crippen LogP contribution in [0.1, 0.15) is 45.9 Å². The molecule has 17 heteroatoms. The molecule has 256 valence electrons. The third-order valence-corrected chi connectivity index (χ3v) is 9.19. The van der Waals surface area contributed by atoms with Gasteiger partial charge in [0.2, 0.25) is 0 Å². The van der Waals surface area contributed by atoms with Gasteiger partial charge >= 0.3 is 24.3 Å². The summed E-state index contributed by atoms with van der Waals surface area (Å²) in [6.45, 7) is 7.29. The molecule has 0 aliphatic carbocycles. The van der Waals surface area contributed by atoms with Crippen LogP contribution in [0.2, 0.25) is 0 Å². The van der Waals surface area contributed by atoms with Gasteiger partial charge in [0.25, 0.3) is 0 Å². The SMILES string of the molecule is CCOCc1nc2c(N)nc3ccccc3c2n1CC(C)(C)OC(=O)OCCSSCCOC(=O)NCCCCC1NC(=O)OC1=O. The quantitative estimate of drug-likeness (QED) is 0.0552. The Morgan fingerprint density at radius 2 is 1.85 bits per heavy atom. The zero-order valence-corrected chi connectivity index (χ0v) is 28.2. The summed E-state index contributed by atoms with van der Waals surface area (Å²) in [5.74, 6) is 1.46. The molecule has 2 amide bonds. The minimum Gasteiger partial charge on any atom is -0.449 e. The van der Waals surface area contributed by atoms with Crippen molar-refractivity contribution in [2.24, 2.45) is 0 Å². The Hall–Kier alpha value is -3.96. The number of hydrogen-bond donors (Lipinski definition) is 3. The average Bonchev–Trinajstić information content (AvgIpc) is 3.54. The van der Waals surface area contributed by atoms with E-state index < -0.39 is 36.0 Å². The number of amides is 2. The topological polar surface area (TPSA) is 195 Å². The van der Waals surface area contributed by atoms with Gasteiger partial charge in [-0.25, -0.2) is 29.1 Å². The van der Waals surface area contributed by atoms with Crippen LogP contribution >= 0.6 is 21.6 Å². The van der Waals surface area contributed by atoms with Gasteiger partial charge in [0.05, 0.1) is 17.6 Å². The van der Waals surface area contributed by atoms with Gasteiger partial charge in [-0.15, -0.1) is 0 Å². The Balaban J connectivity index is 1.12. The van der Waals surface area contributed by atoms with E-state index in [1.165, 1.54) is 21.6 Å². The number of carbonyl (C=O) groups excluding carboxylic acids is 4. The monoisotopic (exact) mass is 692 g/mol. The van der Waals surface area contributed by atoms with Gasteiger partial charge in [0, 0.05) is 30.0 Å². The molecular weight excluding hydrogens is 652 g/mol. The summed E-state index contributed by atoms with van der Waals surface area (Å²) in [5, 5.41) is 5.95. The van der Waals surface area contributed by atoms with E-state index in [1.54, 1.807) is 13.8 Å². The van der Waals surface area contributed by atoms with Crippen molar-refractivity contribution >= 4 is 73.7 Å². The smallest absolute Gasteiger partial charge is 0.449 e. The summed E-state index contributed by atoms with van der Waals surface area (Å²) in [5.41, 5.74) is 7.41. The van der Waals surface area contributed by atoms with E-state index >= 15 is 0 Å². The number of nitrogens with zero attached hydrogens (tertiary/aromatic N) is 3. The highest BCUT2D eigenvalue weighted by atomic mass is 33.1. The van der Waals surface area contributed by atoms with E-state index in [4.69, 9.17) is 29.7 Å². The number of benzene rings is 1. The van der Waals surface area contributed by atoms with E-state index in [1.807, 2.05) is 35.8 Å². The number of cyclic esters (lactones) is 2. The summed E-state index contributed by atoms with van der Waals surface area (Å²) >= 11 is 0. The van der Waals surface area contributed by atoms with Crippen LogP contribution in [0.4, 0.5) is 20.2 Å². The van der Waals surface area contributed by atoms with Gasteiger partial charge in [0.1, 0.15) is 42.8 Å². The summed E-state index contributed by atoms with van der Waals surface area (Å²) in [7, 11) is 2.96. The number of fused-ring (bicyclic) bond motifs is 3. The van der Waals surface area contributed by atoms with E-state index in [-0.39, 0.29) is 26.4 Å². The maximum absolute atomic E-state index is 12.6. The Kier molecular flexibility index (Phi) is 13.2. The summed E-state index contributed by atoms with van der Waals surface area (Å²) in [4.78, 5) is 56.0. The van der Waals surface area contributed by atoms with Crippen molar-refractivity contribution in [3.8, 4) is 0 Å². The first-order valence-electron chi connectivity index (χ1n) is 15.2. The fourth-order valence-corrected chi connectivity index (χ4v) is 6.44. The van der Waals surface area contributed by atoms with Crippen molar-refractivity contribution in [2.45, 2.75) is 64.8 Å². The van der Waals surface area contributed by atoms with Crippen molar-refractivity contribution in [3.05, 3.63) is 30.1 Å². The summed E-state index contributed by atoms with van der Waals surface area (Å²) in [6.07, 6.45) is -0.343. The van der Waals surface area contributed by atoms with Gasteiger partial charge in [-0.1, -0.05) is 39.8 Å². The molecule has 1 unspecified atom stereocenters. The van der Waals surface area contributed by atoms with Crippen LogP contribution in [-0.4, -0.2) is 88.4 Å². The zero-order valence-electron chi connectivity index (χ0n) is 26.6. The van der Waals surface area contributed by atoms with Gasteiger partial charge < -0.3 is 44.6 Å². The molecule has 4 rings (SSSR count). The molecule has 1 atom stereocenters. The lowest BCUT2D eigenvalue weighted by molar-refractivity contribution is -0.135. The molecule has 4 N–H and O–H groups in total. The highest BCUT2D eigenvalue weighted by molar-refractivity contribution is 8.76. The van der Waals surface area contributed by atoms with Crippen LogP contribution in [0.5, 0.6) is 0 Å². The number of imidazole rings is 1. The molecule has 1 fully saturated rings. The van der Waals surface area contributed by atoms with Crippen molar-refractivity contribution in [1.82, 2.24) is 25.2 Å². The van der Waals surface area contributed by atoms with Crippen LogP contribution in [0.25, 0.3) is 21.9 Å². The predicted octanol–water partition coefficient (Wildman–Crippen LogP) is 4.55. The van der Waals surface area contributed by atoms with Crippen molar-refractivity contribution < 1.29 is 42.9 Å². The molecule has 0 saturated carbocycles. The predicted molar refractivity (Wildman–Crippen MR) is 178 cm³/mol. The third-order valence-electron chi connectivity index (χ3n) is 6.85. The second-order valence-corrected chi connectivity index (χ2v) is 13.7. The number of ether oxygens (including phenoxy) is 5. The standard InChI is InChI=1S/C30H40N6O9S2/c1-4-41-17-22-35-23-24(19-9-5-6-10-20(19)33-25(23)31)36(22)18-30(2,3)45-29(40)43-14-16-47-46-15-13-42-27(38)32-12-8-7-11-21-26(37)44-28(39)34-21/h5-6,9-10,21H,4,7-8,11-18H2,1-3H3,(H2,31,33)(H,32,38)(H,34,39). The molecule has 1 aliphatic heterocycles. The lowest BCUT2D eigenvalue weighted by atomic mass is 10.1. The first-order chi connectivity index (χ1) is 22.6. The number of aromatic nitrogens is 3. The summed E-state index contributed by atoms with van der Waals surface area (Å²) < 4.78 is 28.2. The van der Waals surface area contributed by atoms with Crippen molar-refractivity contribution in [2.75, 3.05) is 43.6 Å². The van der Waals surface area contributed by atoms with Crippen LogP contribution in [0.15, 0.2) is 24.3 Å². The Labute approximate surface area is 279 Å². The molecule has 0 spiro atoms. The molecular formula is C30H40N6O9S2. The molecule has 0 bridgehead atoms. The number of anilines is 1. The number of esters is 1. The third kappa shape index (κ3) is 10.5. The van der Waals surface area contributed by atoms with E-state index in [9.17, 15) is 19.2 Å². The van der Waals surface area contributed by atoms with E-state index in [2.05, 4.69) is 20.4 Å². The van der Waals surface area contributed by atoms with Crippen molar-refractivity contribution in [3.63, 3.8) is 0 Å². The zero-order chi connectivity index (χ0) is 33.8. The number of nitrogen functional groups attached to an aromatic ring is 1. The molecule has 1 saturated heterocycles. The summed E-state index contributed by atoms with van der Waals surface area (Å²) in [6, 6.07) is 7.04. The average molecular weight is 693 g/mol. The highest BCUT2D eigenvalue weighted by Gasteiger charge is 2.31. The fraction of sp³-hybridized carbons (Fsp3) is 0.533. The number of pyridine rings is 1. The molecule has 15 nitrogen and oxygen atoms in total. The maximum atomic E-state index is 12.6. The highest BCUT2D eigenvalue weighted by Crippen LogP contribution is 2.31. The fourth-order valence-electron chi connectivity index (χ4n) is 4.79. The lowest BCUT2D eigenvalue weighted by Gasteiger charge is -2.26. The van der Waals surface area contributed by atoms with E-state index in [0.29, 0.717) is 61.1 Å². The number of nitrogens with one attached hydrogen (secondary N) is 2. The molecule has 0 radical (unpaired) electrons. The Morgan fingerprint density at radius 1 is 1.11 bits per heavy atom. The number of para-hydroxylation sites is 1.